The van der Waals surface area contributed by atoms with Crippen molar-refractivity contribution in [3.05, 3.63) is 12.3 Å². The minimum absolute atomic E-state index is 0. The molecule has 0 aromatic carbocycles. The quantitative estimate of drug-likeness (QED) is 0.208. The number of amides is 1. The van der Waals surface area contributed by atoms with Crippen molar-refractivity contribution in [2.24, 2.45) is 0 Å². The first-order chi connectivity index (χ1) is 4.57. The zero-order chi connectivity index (χ0) is 8.15. The number of carbonyl (C=O) groups is 1. The fourth-order valence-electron chi connectivity index (χ4n) is 0.426. The van der Waals surface area contributed by atoms with Gasteiger partial charge in [-0.25, -0.2) is 6.58 Å². The van der Waals surface area contributed by atoms with E-state index in [1.165, 1.54) is 7.11 Å². The van der Waals surface area contributed by atoms with Gasteiger partial charge in [0.05, 0.1) is 7.11 Å². The van der Waals surface area contributed by atoms with Gasteiger partial charge in [-0.3, -0.25) is 0 Å². The summed E-state index contributed by atoms with van der Waals surface area (Å²) in [5, 5.41) is 2.57. The Morgan fingerprint density at radius 3 is 2.27 bits per heavy atom. The minimum Gasteiger partial charge on any atom is -0.530 e. The van der Waals surface area contributed by atoms with Crippen molar-refractivity contribution in [3.8, 4) is 0 Å². The Bertz CT molecular complexity index is 145. The molecular formula is C7H12LiNO2. The van der Waals surface area contributed by atoms with Crippen LogP contribution >= 0.6 is 0 Å². The Labute approximate surface area is 79.4 Å². The summed E-state index contributed by atoms with van der Waals surface area (Å²) in [6.45, 7) is 8.84. The van der Waals surface area contributed by atoms with Crippen molar-refractivity contribution in [1.29, 1.82) is 0 Å². The molecule has 0 saturated carbocycles. The third kappa shape index (κ3) is 6.02. The molecule has 0 radical (unpaired) electrons. The summed E-state index contributed by atoms with van der Waals surface area (Å²) in [4.78, 5) is 10.8. The fourth-order valence-corrected chi connectivity index (χ4v) is 0.426. The largest absolute Gasteiger partial charge is 1.00 e. The molecule has 0 aromatic heterocycles. The Morgan fingerprint density at radius 2 is 2.00 bits per heavy atom. The monoisotopic (exact) mass is 149 g/mol. The van der Waals surface area contributed by atoms with Crippen molar-refractivity contribution < 1.29 is 28.4 Å². The number of methoxy groups -OCH3 is 1. The van der Waals surface area contributed by atoms with Crippen molar-refractivity contribution in [2.45, 2.75) is 19.9 Å². The van der Waals surface area contributed by atoms with Crippen LogP contribution in [0.5, 0.6) is 0 Å². The van der Waals surface area contributed by atoms with E-state index < -0.39 is 0 Å². The van der Waals surface area contributed by atoms with E-state index in [0.29, 0.717) is 0 Å². The Kier molecular flexibility index (Phi) is 7.60. The standard InChI is InChI=1S/C7H12NO2.Li/c1-5(2)8-7(9)6(3)10-4;/h3,5H,1-2,4H3,(H,8,9);/q-1;+1. The number of hydrogen-bond donors (Lipinski definition) is 1. The maximum absolute atomic E-state index is 10.8. The zero-order valence-corrected chi connectivity index (χ0v) is 7.47. The second-order valence-corrected chi connectivity index (χ2v) is 2.20. The van der Waals surface area contributed by atoms with Crippen molar-refractivity contribution >= 4 is 5.91 Å². The Hall–Kier alpha value is -0.393. The summed E-state index contributed by atoms with van der Waals surface area (Å²) >= 11 is 0. The molecule has 1 amide bonds. The van der Waals surface area contributed by atoms with E-state index in [1.54, 1.807) is 0 Å². The molecule has 0 aliphatic carbocycles. The van der Waals surface area contributed by atoms with Gasteiger partial charge in [0.25, 0.3) is 0 Å². The molecule has 3 nitrogen and oxygen atoms in total. The summed E-state index contributed by atoms with van der Waals surface area (Å²) in [6, 6.07) is 0.0844. The van der Waals surface area contributed by atoms with Crippen LogP contribution in [0.4, 0.5) is 0 Å². The van der Waals surface area contributed by atoms with Gasteiger partial charge < -0.3 is 14.8 Å². The first kappa shape index (κ1) is 13.2. The summed E-state index contributed by atoms with van der Waals surface area (Å²) < 4.78 is 4.50. The van der Waals surface area contributed by atoms with E-state index >= 15 is 0 Å². The molecule has 0 unspecified atom stereocenters. The van der Waals surface area contributed by atoms with Gasteiger partial charge >= 0.3 is 18.9 Å². The van der Waals surface area contributed by atoms with E-state index in [9.17, 15) is 4.79 Å². The van der Waals surface area contributed by atoms with Gasteiger partial charge in [-0.2, -0.15) is 0 Å². The summed E-state index contributed by atoms with van der Waals surface area (Å²) in [7, 11) is 1.36. The zero-order valence-electron chi connectivity index (χ0n) is 7.47. The van der Waals surface area contributed by atoms with Gasteiger partial charge in [-0.15, -0.1) is 0 Å². The van der Waals surface area contributed by atoms with Crippen LogP contribution in [-0.2, 0) is 9.53 Å². The predicted molar refractivity (Wildman–Crippen MR) is 38.1 cm³/mol. The number of nitrogens with one attached hydrogen (secondary N) is 1. The van der Waals surface area contributed by atoms with Crippen LogP contribution in [0, 0.1) is 6.58 Å². The minimum atomic E-state index is -0.363. The van der Waals surface area contributed by atoms with Crippen LogP contribution in [0.15, 0.2) is 5.76 Å². The van der Waals surface area contributed by atoms with Gasteiger partial charge in [-0.1, -0.05) is 0 Å². The second-order valence-electron chi connectivity index (χ2n) is 2.20. The van der Waals surface area contributed by atoms with E-state index in [4.69, 9.17) is 6.58 Å². The third-order valence-electron chi connectivity index (χ3n) is 0.863. The normalized spacial score (nSPS) is 8.36. The molecule has 11 heavy (non-hydrogen) atoms. The number of ether oxygens (including phenoxy) is 1. The molecular weight excluding hydrogens is 137 g/mol. The Morgan fingerprint density at radius 1 is 1.55 bits per heavy atom. The van der Waals surface area contributed by atoms with Crippen LogP contribution < -0.4 is 24.2 Å². The topological polar surface area (TPSA) is 38.3 Å². The molecule has 0 atom stereocenters. The summed E-state index contributed by atoms with van der Waals surface area (Å²) in [5.41, 5.74) is 0. The Balaban J connectivity index is 0. The SMILES string of the molecule is [CH-]=C(OC)C(=O)NC(C)C.[Li+]. The van der Waals surface area contributed by atoms with E-state index in [-0.39, 0.29) is 36.6 Å². The van der Waals surface area contributed by atoms with E-state index in [1.807, 2.05) is 13.8 Å². The van der Waals surface area contributed by atoms with Gasteiger partial charge in [0.1, 0.15) is 5.91 Å². The molecule has 0 bridgehead atoms. The average Bonchev–Trinajstić information content (AvgIpc) is 1.85. The molecule has 1 N–H and O–H groups in total. The van der Waals surface area contributed by atoms with Crippen LogP contribution in [0.2, 0.25) is 0 Å². The number of carbonyl (C=O) groups excluding carboxylic acids is 1. The van der Waals surface area contributed by atoms with Crippen molar-refractivity contribution in [3.63, 3.8) is 0 Å². The maximum atomic E-state index is 10.8. The summed E-state index contributed by atoms with van der Waals surface area (Å²) in [5.74, 6) is -0.466. The molecule has 0 heterocycles. The first-order valence-electron chi connectivity index (χ1n) is 3.05. The number of hydrogen-bond acceptors (Lipinski definition) is 2. The molecule has 0 saturated heterocycles. The number of rotatable bonds is 3. The van der Waals surface area contributed by atoms with Gasteiger partial charge in [-0.05, 0) is 13.8 Å². The van der Waals surface area contributed by atoms with Crippen molar-refractivity contribution in [2.75, 3.05) is 7.11 Å². The molecule has 4 heteroatoms. The average molecular weight is 149 g/mol. The fraction of sp³-hybridized carbons (Fsp3) is 0.571. The second kappa shape index (κ2) is 6.33. The molecule has 0 spiro atoms. The molecule has 0 aromatic rings. The maximum Gasteiger partial charge on any atom is 1.00 e. The molecule has 58 valence electrons. The third-order valence-corrected chi connectivity index (χ3v) is 0.863. The van der Waals surface area contributed by atoms with E-state index in [0.717, 1.165) is 0 Å². The van der Waals surface area contributed by atoms with Crippen molar-refractivity contribution in [1.82, 2.24) is 5.32 Å². The first-order valence-corrected chi connectivity index (χ1v) is 3.05. The summed E-state index contributed by atoms with van der Waals surface area (Å²) in [6.07, 6.45) is 0. The molecule has 0 fully saturated rings. The van der Waals surface area contributed by atoms with Gasteiger partial charge in [0, 0.05) is 11.8 Å². The van der Waals surface area contributed by atoms with Crippen LogP contribution in [0.3, 0.4) is 0 Å². The smallest absolute Gasteiger partial charge is 0.530 e. The van der Waals surface area contributed by atoms with Gasteiger partial charge in [0.2, 0.25) is 0 Å². The van der Waals surface area contributed by atoms with Crippen LogP contribution in [0.25, 0.3) is 0 Å². The van der Waals surface area contributed by atoms with E-state index in [2.05, 4.69) is 10.1 Å². The molecule has 0 aliphatic heterocycles. The van der Waals surface area contributed by atoms with Gasteiger partial charge in [0.15, 0.2) is 0 Å². The molecule has 0 aliphatic rings. The van der Waals surface area contributed by atoms with Crippen LogP contribution in [-0.4, -0.2) is 19.1 Å². The van der Waals surface area contributed by atoms with Crippen LogP contribution in [0.1, 0.15) is 13.8 Å². The molecule has 0 rings (SSSR count). The predicted octanol–water partition coefficient (Wildman–Crippen LogP) is -2.52.